The van der Waals surface area contributed by atoms with Gasteiger partial charge in [-0.1, -0.05) is 81.4 Å². The van der Waals surface area contributed by atoms with Gasteiger partial charge in [-0.3, -0.25) is 19.2 Å². The number of likely N-dealkylation sites (tertiary alicyclic amines) is 1. The third kappa shape index (κ3) is 6.18. The minimum Gasteiger partial charge on any atom is -0.341 e. The number of carbonyl (C=O) groups excluding carboxylic acids is 4. The minimum absolute atomic E-state index is 0.0413. The topological polar surface area (TPSA) is 123 Å². The van der Waals surface area contributed by atoms with Gasteiger partial charge in [0.05, 0.1) is 11.5 Å². The smallest absolute Gasteiger partial charge is 0.251 e. The Morgan fingerprint density at radius 2 is 1.71 bits per heavy atom. The molecule has 1 spiro atoms. The van der Waals surface area contributed by atoms with Crippen LogP contribution in [0.4, 0.5) is 5.69 Å². The number of rotatable bonds is 7. The van der Waals surface area contributed by atoms with Crippen molar-refractivity contribution in [1.29, 1.82) is 5.26 Å². The van der Waals surface area contributed by atoms with Gasteiger partial charge in [0.1, 0.15) is 18.1 Å². The molecule has 3 aromatic carbocycles. The quantitative estimate of drug-likeness (QED) is 0.403. The number of nitrogens with one attached hydrogen (secondary N) is 2. The van der Waals surface area contributed by atoms with E-state index in [0.29, 0.717) is 17.7 Å². The van der Waals surface area contributed by atoms with E-state index in [2.05, 4.69) is 16.7 Å². The predicted octanol–water partition coefficient (Wildman–Crippen LogP) is 4.75. The number of likely N-dealkylation sites (N-methyl/N-ethyl adjacent to an activating group) is 1. The monoisotopic (exact) mass is 605 g/mol. The van der Waals surface area contributed by atoms with Crippen molar-refractivity contribution < 1.29 is 19.2 Å². The molecule has 2 aliphatic rings. The third-order valence-corrected chi connectivity index (χ3v) is 8.77. The molecular formula is C36H39N5O4. The lowest BCUT2D eigenvalue weighted by Crippen LogP contribution is -2.56. The van der Waals surface area contributed by atoms with E-state index in [1.54, 1.807) is 32.2 Å². The van der Waals surface area contributed by atoms with Crippen molar-refractivity contribution >= 4 is 29.3 Å². The highest BCUT2D eigenvalue weighted by molar-refractivity contribution is 6.07. The van der Waals surface area contributed by atoms with E-state index in [1.165, 1.54) is 9.80 Å². The first kappa shape index (κ1) is 31.5. The van der Waals surface area contributed by atoms with Crippen LogP contribution in [-0.2, 0) is 19.8 Å². The highest BCUT2D eigenvalue weighted by Gasteiger charge is 2.57. The summed E-state index contributed by atoms with van der Waals surface area (Å²) in [7, 11) is 1.56. The molecule has 9 heteroatoms. The molecule has 1 fully saturated rings. The number of nitrogens with zero attached hydrogens (tertiary/aromatic N) is 3. The van der Waals surface area contributed by atoms with E-state index < -0.39 is 41.3 Å². The minimum atomic E-state index is -1.03. The molecule has 0 saturated carbocycles. The second-order valence-electron chi connectivity index (χ2n) is 13.3. The number of hydrogen-bond acceptors (Lipinski definition) is 5. The molecule has 4 amide bonds. The molecule has 0 aromatic heterocycles. The lowest BCUT2D eigenvalue weighted by molar-refractivity contribution is -0.146. The van der Waals surface area contributed by atoms with E-state index in [4.69, 9.17) is 0 Å². The standard InChI is InChI=1S/C36H39N5O4/c1-23(38-31(42)26-15-11-14-25(18-26)24-12-7-6-8-13-24)32(43)40(5)30(20-35(2,3)4)33(44)41-22-36(19-27(41)21-37)28-16-9-10-17-29(28)39-34(36)45/h6-18,23,27,30H,19-20,22H2,1-5H3,(H,38,42)(H,39,45)/t23-,27-,30-,36-/m0/s1. The summed E-state index contributed by atoms with van der Waals surface area (Å²) in [5.74, 6) is -1.46. The Morgan fingerprint density at radius 1 is 1.04 bits per heavy atom. The fourth-order valence-electron chi connectivity index (χ4n) is 6.42. The summed E-state index contributed by atoms with van der Waals surface area (Å²) in [6, 6.07) is 23.8. The molecule has 0 radical (unpaired) electrons. The molecule has 0 unspecified atom stereocenters. The van der Waals surface area contributed by atoms with Crippen molar-refractivity contribution in [3.8, 4) is 17.2 Å². The van der Waals surface area contributed by atoms with Gasteiger partial charge in [-0.05, 0) is 53.6 Å². The van der Waals surface area contributed by atoms with Gasteiger partial charge in [0.25, 0.3) is 5.91 Å². The molecule has 1 saturated heterocycles. The van der Waals surface area contributed by atoms with Crippen LogP contribution in [0.3, 0.4) is 0 Å². The summed E-state index contributed by atoms with van der Waals surface area (Å²) in [5.41, 5.74) is 2.34. The normalized spacial score (nSPS) is 20.1. The van der Waals surface area contributed by atoms with Gasteiger partial charge >= 0.3 is 0 Å². The lowest BCUT2D eigenvalue weighted by atomic mass is 9.80. The Labute approximate surface area is 264 Å². The lowest BCUT2D eigenvalue weighted by Gasteiger charge is -2.36. The number of fused-ring (bicyclic) bond motifs is 2. The molecule has 2 aliphatic heterocycles. The van der Waals surface area contributed by atoms with Crippen molar-refractivity contribution in [3.05, 3.63) is 90.0 Å². The van der Waals surface area contributed by atoms with Crippen molar-refractivity contribution in [3.63, 3.8) is 0 Å². The Kier molecular flexibility index (Phi) is 8.53. The second-order valence-corrected chi connectivity index (χ2v) is 13.3. The molecule has 9 nitrogen and oxygen atoms in total. The number of anilines is 1. The zero-order chi connectivity index (χ0) is 32.5. The molecule has 5 rings (SSSR count). The van der Waals surface area contributed by atoms with Crippen molar-refractivity contribution in [1.82, 2.24) is 15.1 Å². The molecule has 0 aliphatic carbocycles. The molecule has 45 heavy (non-hydrogen) atoms. The van der Waals surface area contributed by atoms with Gasteiger partial charge < -0.3 is 20.4 Å². The molecule has 2 heterocycles. The fraction of sp³-hybridized carbons (Fsp3) is 0.361. The Morgan fingerprint density at radius 3 is 2.40 bits per heavy atom. The molecule has 4 atom stereocenters. The van der Waals surface area contributed by atoms with Gasteiger partial charge in [-0.2, -0.15) is 5.26 Å². The van der Waals surface area contributed by atoms with Crippen LogP contribution < -0.4 is 10.6 Å². The van der Waals surface area contributed by atoms with Gasteiger partial charge in [-0.15, -0.1) is 0 Å². The number of nitriles is 1. The zero-order valence-corrected chi connectivity index (χ0v) is 26.3. The van der Waals surface area contributed by atoms with Crippen molar-refractivity contribution in [2.45, 2.75) is 64.1 Å². The van der Waals surface area contributed by atoms with E-state index in [0.717, 1.165) is 16.7 Å². The van der Waals surface area contributed by atoms with Gasteiger partial charge in [0.15, 0.2) is 0 Å². The van der Waals surface area contributed by atoms with Crippen molar-refractivity contribution in [2.75, 3.05) is 18.9 Å². The van der Waals surface area contributed by atoms with Crippen LogP contribution in [-0.4, -0.2) is 65.1 Å². The fourth-order valence-corrected chi connectivity index (χ4v) is 6.42. The maximum atomic E-state index is 14.3. The molecule has 232 valence electrons. The maximum Gasteiger partial charge on any atom is 0.251 e. The Balaban J connectivity index is 1.35. The first-order valence-electron chi connectivity index (χ1n) is 15.2. The molecule has 3 aromatic rings. The molecule has 0 bridgehead atoms. The van der Waals surface area contributed by atoms with Gasteiger partial charge in [0.2, 0.25) is 17.7 Å². The number of hydrogen-bond donors (Lipinski definition) is 2. The summed E-state index contributed by atoms with van der Waals surface area (Å²) >= 11 is 0. The maximum absolute atomic E-state index is 14.3. The van der Waals surface area contributed by atoms with E-state index >= 15 is 0 Å². The van der Waals surface area contributed by atoms with Crippen LogP contribution in [0.15, 0.2) is 78.9 Å². The first-order valence-corrected chi connectivity index (χ1v) is 15.2. The summed E-state index contributed by atoms with van der Waals surface area (Å²) in [6.07, 6.45) is 0.491. The van der Waals surface area contributed by atoms with Gasteiger partial charge in [0, 0.05) is 31.3 Å². The number of amides is 4. The van der Waals surface area contributed by atoms with Crippen LogP contribution in [0, 0.1) is 16.7 Å². The third-order valence-electron chi connectivity index (χ3n) is 8.77. The number of para-hydroxylation sites is 1. The van der Waals surface area contributed by atoms with Crippen molar-refractivity contribution in [2.24, 2.45) is 5.41 Å². The SMILES string of the molecule is C[C@H](NC(=O)c1cccc(-c2ccccc2)c1)C(=O)N(C)[C@@H](CC(C)(C)C)C(=O)N1C[C@]2(C[C@H]1C#N)C(=O)Nc1ccccc12. The largest absolute Gasteiger partial charge is 0.341 e. The Bertz CT molecular complexity index is 1670. The summed E-state index contributed by atoms with van der Waals surface area (Å²) < 4.78 is 0. The zero-order valence-electron chi connectivity index (χ0n) is 26.3. The average Bonchev–Trinajstić information content (AvgIpc) is 3.56. The van der Waals surface area contributed by atoms with Crippen LogP contribution in [0.5, 0.6) is 0 Å². The predicted molar refractivity (Wildman–Crippen MR) is 172 cm³/mol. The Hall–Kier alpha value is -4.97. The molecular weight excluding hydrogens is 566 g/mol. The number of benzene rings is 3. The van der Waals surface area contributed by atoms with E-state index in [-0.39, 0.29) is 24.3 Å². The van der Waals surface area contributed by atoms with E-state index in [1.807, 2.05) is 81.4 Å². The first-order chi connectivity index (χ1) is 21.3. The number of carbonyl (C=O) groups is 4. The molecule has 2 N–H and O–H groups in total. The van der Waals surface area contributed by atoms with Gasteiger partial charge in [-0.25, -0.2) is 0 Å². The highest BCUT2D eigenvalue weighted by atomic mass is 16.2. The highest BCUT2D eigenvalue weighted by Crippen LogP contribution is 2.46. The second kappa shape index (κ2) is 12.2. The van der Waals surface area contributed by atoms with Crippen LogP contribution in [0.1, 0.15) is 56.5 Å². The van der Waals surface area contributed by atoms with Crippen LogP contribution >= 0.6 is 0 Å². The van der Waals surface area contributed by atoms with Crippen LogP contribution in [0.25, 0.3) is 11.1 Å². The average molecular weight is 606 g/mol. The summed E-state index contributed by atoms with van der Waals surface area (Å²) in [6.45, 7) is 7.57. The summed E-state index contributed by atoms with van der Waals surface area (Å²) in [5, 5.41) is 15.8. The summed E-state index contributed by atoms with van der Waals surface area (Å²) in [4.78, 5) is 57.4. The van der Waals surface area contributed by atoms with Crippen LogP contribution in [0.2, 0.25) is 0 Å². The van der Waals surface area contributed by atoms with E-state index in [9.17, 15) is 24.4 Å².